The van der Waals surface area contributed by atoms with Gasteiger partial charge in [0.25, 0.3) is 0 Å². The Morgan fingerprint density at radius 1 is 1.60 bits per heavy atom. The molecule has 2 N–H and O–H groups in total. The Labute approximate surface area is 85.4 Å². The van der Waals surface area contributed by atoms with Gasteiger partial charge in [0.15, 0.2) is 0 Å². The van der Waals surface area contributed by atoms with Crippen molar-refractivity contribution in [2.45, 2.75) is 6.92 Å². The van der Waals surface area contributed by atoms with Crippen LogP contribution < -0.4 is 0 Å². The Morgan fingerprint density at radius 3 is 2.80 bits per heavy atom. The molecule has 0 saturated heterocycles. The smallest absolute Gasteiger partial charge is 0.343 e. The summed E-state index contributed by atoms with van der Waals surface area (Å²) in [6, 6.07) is 2.65. The van der Waals surface area contributed by atoms with Gasteiger partial charge in [0, 0.05) is 0 Å². The Morgan fingerprint density at radius 2 is 2.27 bits per heavy atom. The van der Waals surface area contributed by atoms with Crippen LogP contribution in [-0.2, 0) is 4.74 Å². The van der Waals surface area contributed by atoms with Gasteiger partial charge in [-0.1, -0.05) is 0 Å². The Balaban J connectivity index is 3.20. The molecule has 0 bridgehead atoms. The summed E-state index contributed by atoms with van der Waals surface area (Å²) in [5, 5.41) is 26.9. The second-order valence-corrected chi connectivity index (χ2v) is 2.56. The van der Waals surface area contributed by atoms with E-state index in [0.29, 0.717) is 0 Å². The van der Waals surface area contributed by atoms with Crippen LogP contribution in [0.25, 0.3) is 0 Å². The van der Waals surface area contributed by atoms with Gasteiger partial charge in [-0.3, -0.25) is 0 Å². The maximum absolute atomic E-state index is 11.2. The van der Waals surface area contributed by atoms with Gasteiger partial charge >= 0.3 is 5.97 Å². The Bertz CT molecular complexity index is 436. The highest BCUT2D eigenvalue weighted by molar-refractivity contribution is 5.92. The van der Waals surface area contributed by atoms with Gasteiger partial charge in [-0.2, -0.15) is 10.2 Å². The van der Waals surface area contributed by atoms with E-state index in [-0.39, 0.29) is 17.7 Å². The van der Waals surface area contributed by atoms with E-state index in [1.54, 1.807) is 13.0 Å². The standard InChI is InChI=1S/C9H8N2O4/c1-2-15-9(14)6-3-5(4-10)7(12)11-8(6)13/h3H,2H2,1H3,(H2,11,12,13). The Kier molecular flexibility index (Phi) is 3.08. The number of carbonyl (C=O) groups excluding carboxylic acids is 1. The first kappa shape index (κ1) is 10.8. The number of pyridine rings is 1. The summed E-state index contributed by atoms with van der Waals surface area (Å²) in [5.41, 5.74) is -0.443. The third-order valence-corrected chi connectivity index (χ3v) is 1.60. The van der Waals surface area contributed by atoms with Crippen LogP contribution in [-0.4, -0.2) is 27.8 Å². The second-order valence-electron chi connectivity index (χ2n) is 2.56. The molecule has 0 fully saturated rings. The van der Waals surface area contributed by atoms with Crippen LogP contribution in [0.3, 0.4) is 0 Å². The van der Waals surface area contributed by atoms with Crippen LogP contribution >= 0.6 is 0 Å². The molecule has 0 aromatic carbocycles. The summed E-state index contributed by atoms with van der Waals surface area (Å²) in [4.78, 5) is 14.5. The summed E-state index contributed by atoms with van der Waals surface area (Å²) in [6.07, 6.45) is 0. The highest BCUT2D eigenvalue weighted by Crippen LogP contribution is 2.22. The fourth-order valence-corrected chi connectivity index (χ4v) is 0.936. The summed E-state index contributed by atoms with van der Waals surface area (Å²) < 4.78 is 4.62. The van der Waals surface area contributed by atoms with Gasteiger partial charge in [-0.25, -0.2) is 4.79 Å². The van der Waals surface area contributed by atoms with Crippen molar-refractivity contribution in [2.24, 2.45) is 0 Å². The third kappa shape index (κ3) is 2.14. The minimum absolute atomic E-state index is 0.140. The fraction of sp³-hybridized carbons (Fsp3) is 0.222. The molecule has 78 valence electrons. The summed E-state index contributed by atoms with van der Waals surface area (Å²) in [7, 11) is 0. The number of esters is 1. The zero-order valence-electron chi connectivity index (χ0n) is 7.89. The molecule has 0 aliphatic heterocycles. The lowest BCUT2D eigenvalue weighted by Crippen LogP contribution is -2.06. The van der Waals surface area contributed by atoms with Gasteiger partial charge in [0.1, 0.15) is 17.2 Å². The zero-order chi connectivity index (χ0) is 11.4. The zero-order valence-corrected chi connectivity index (χ0v) is 7.89. The van der Waals surface area contributed by atoms with Crippen molar-refractivity contribution < 1.29 is 19.7 Å². The maximum atomic E-state index is 11.2. The molecular weight excluding hydrogens is 200 g/mol. The third-order valence-electron chi connectivity index (χ3n) is 1.60. The molecule has 0 aliphatic carbocycles. The molecule has 0 radical (unpaired) electrons. The molecule has 0 spiro atoms. The monoisotopic (exact) mass is 208 g/mol. The molecule has 0 saturated carbocycles. The first-order valence-electron chi connectivity index (χ1n) is 4.10. The predicted molar refractivity (Wildman–Crippen MR) is 48.2 cm³/mol. The van der Waals surface area contributed by atoms with Gasteiger partial charge in [0.2, 0.25) is 11.8 Å². The van der Waals surface area contributed by atoms with Crippen molar-refractivity contribution >= 4 is 5.97 Å². The van der Waals surface area contributed by atoms with E-state index in [2.05, 4.69) is 9.72 Å². The number of aromatic nitrogens is 1. The lowest BCUT2D eigenvalue weighted by molar-refractivity contribution is 0.0522. The maximum Gasteiger partial charge on any atom is 0.343 e. The van der Waals surface area contributed by atoms with Crippen LogP contribution in [0.1, 0.15) is 22.8 Å². The molecular formula is C9H8N2O4. The lowest BCUT2D eigenvalue weighted by Gasteiger charge is -2.04. The van der Waals surface area contributed by atoms with Crippen LogP contribution in [0.5, 0.6) is 11.8 Å². The quantitative estimate of drug-likeness (QED) is 0.687. The average molecular weight is 208 g/mol. The number of nitrogens with zero attached hydrogens (tertiary/aromatic N) is 2. The van der Waals surface area contributed by atoms with E-state index in [4.69, 9.17) is 10.4 Å². The highest BCUT2D eigenvalue weighted by Gasteiger charge is 2.17. The number of hydrogen-bond donors (Lipinski definition) is 2. The first-order chi connectivity index (χ1) is 7.10. The lowest BCUT2D eigenvalue weighted by atomic mass is 10.2. The summed E-state index contributed by atoms with van der Waals surface area (Å²) in [6.45, 7) is 1.75. The van der Waals surface area contributed by atoms with Crippen molar-refractivity contribution in [3.63, 3.8) is 0 Å². The fourth-order valence-electron chi connectivity index (χ4n) is 0.936. The second kappa shape index (κ2) is 4.28. The summed E-state index contributed by atoms with van der Waals surface area (Å²) in [5.74, 6) is -2.08. The van der Waals surface area contributed by atoms with E-state index in [9.17, 15) is 9.90 Å². The molecule has 0 unspecified atom stereocenters. The number of ether oxygens (including phenoxy) is 1. The Hall–Kier alpha value is -2.29. The summed E-state index contributed by atoms with van der Waals surface area (Å²) >= 11 is 0. The highest BCUT2D eigenvalue weighted by atomic mass is 16.5. The molecule has 6 heteroatoms. The normalized spacial score (nSPS) is 9.33. The molecule has 0 atom stereocenters. The molecule has 6 nitrogen and oxygen atoms in total. The van der Waals surface area contributed by atoms with Crippen LogP contribution in [0.2, 0.25) is 0 Å². The molecule has 1 rings (SSSR count). The number of carbonyl (C=O) groups is 1. The molecule has 0 amide bonds. The van der Waals surface area contributed by atoms with Crippen LogP contribution in [0, 0.1) is 11.3 Å². The molecule has 1 aromatic rings. The van der Waals surface area contributed by atoms with Gasteiger partial charge in [-0.15, -0.1) is 0 Å². The molecule has 0 aliphatic rings. The average Bonchev–Trinajstić information content (AvgIpc) is 2.18. The number of aromatic hydroxyl groups is 2. The molecule has 15 heavy (non-hydrogen) atoms. The minimum Gasteiger partial charge on any atom is -0.493 e. The number of hydrogen-bond acceptors (Lipinski definition) is 6. The first-order valence-corrected chi connectivity index (χ1v) is 4.10. The topological polar surface area (TPSA) is 103 Å². The van der Waals surface area contributed by atoms with Gasteiger partial charge < -0.3 is 14.9 Å². The number of rotatable bonds is 2. The van der Waals surface area contributed by atoms with E-state index in [1.807, 2.05) is 0 Å². The largest absolute Gasteiger partial charge is 0.493 e. The molecule has 1 heterocycles. The van der Waals surface area contributed by atoms with Crippen LogP contribution in [0.4, 0.5) is 0 Å². The molecule has 1 aromatic heterocycles. The van der Waals surface area contributed by atoms with Crippen molar-refractivity contribution in [1.82, 2.24) is 4.98 Å². The van der Waals surface area contributed by atoms with Crippen molar-refractivity contribution in [1.29, 1.82) is 5.26 Å². The van der Waals surface area contributed by atoms with Gasteiger partial charge in [-0.05, 0) is 13.0 Å². The van der Waals surface area contributed by atoms with Crippen LogP contribution in [0.15, 0.2) is 6.07 Å². The van der Waals surface area contributed by atoms with E-state index in [0.717, 1.165) is 6.07 Å². The van der Waals surface area contributed by atoms with E-state index >= 15 is 0 Å². The van der Waals surface area contributed by atoms with E-state index in [1.165, 1.54) is 0 Å². The minimum atomic E-state index is -0.793. The number of nitriles is 1. The van der Waals surface area contributed by atoms with E-state index < -0.39 is 17.7 Å². The van der Waals surface area contributed by atoms with Crippen molar-refractivity contribution in [3.8, 4) is 17.8 Å². The van der Waals surface area contributed by atoms with Gasteiger partial charge in [0.05, 0.1) is 6.61 Å². The van der Waals surface area contributed by atoms with Crippen molar-refractivity contribution in [2.75, 3.05) is 6.61 Å². The predicted octanol–water partition coefficient (Wildman–Crippen LogP) is 0.541. The SMILES string of the molecule is CCOC(=O)c1cc(C#N)c(O)nc1O. The van der Waals surface area contributed by atoms with Crippen molar-refractivity contribution in [3.05, 3.63) is 17.2 Å².